The molecule has 4 unspecified atom stereocenters. The fourth-order valence-corrected chi connectivity index (χ4v) is 8.84. The van der Waals surface area contributed by atoms with Gasteiger partial charge in [0.1, 0.15) is 0 Å². The van der Waals surface area contributed by atoms with Crippen LogP contribution in [-0.4, -0.2) is 36.4 Å². The van der Waals surface area contributed by atoms with Crippen LogP contribution in [0.3, 0.4) is 0 Å². The lowest BCUT2D eigenvalue weighted by atomic mass is 9.13. The summed E-state index contributed by atoms with van der Waals surface area (Å²) in [6, 6.07) is 0. The Morgan fingerprint density at radius 2 is 1.67 bits per heavy atom. The molecule has 1 spiro atoms. The van der Waals surface area contributed by atoms with Gasteiger partial charge in [-0.05, 0) is 29.6 Å². The van der Waals surface area contributed by atoms with Crippen LogP contribution in [0.25, 0.3) is 0 Å². The van der Waals surface area contributed by atoms with E-state index in [4.69, 9.17) is 14.2 Å². The van der Waals surface area contributed by atoms with Crippen molar-refractivity contribution in [3.8, 4) is 0 Å². The van der Waals surface area contributed by atoms with Gasteiger partial charge in [-0.25, -0.2) is 0 Å². The molecule has 1 aliphatic heterocycles. The molecule has 0 N–H and O–H groups in total. The van der Waals surface area contributed by atoms with Crippen LogP contribution in [0, 0.1) is 40.9 Å². The molecule has 0 aromatic heterocycles. The van der Waals surface area contributed by atoms with Crippen LogP contribution < -0.4 is 0 Å². The Bertz CT molecular complexity index is 505. The molecule has 96 valence electrons. The number of hydrogen-bond acceptors (Lipinski definition) is 4. The molecule has 7 rings (SSSR count). The van der Waals surface area contributed by atoms with Gasteiger partial charge < -0.3 is 14.2 Å². The summed E-state index contributed by atoms with van der Waals surface area (Å²) >= 11 is 3.97. The Morgan fingerprint density at radius 3 is 2.22 bits per heavy atom. The minimum absolute atomic E-state index is 0.0109. The standard InChI is InChI=1S/C13H13BrO4/c1-16-10(15)11-4-7-5(11)9-6(11)8(4)12(7,14)13(9)17-2-3-18-13/h4-9H,2-3H2,1H3/t4?,5-,6-,7-,8+,9?,11?,12?/m0/s1. The number of esters is 1. The number of ether oxygens (including phenoxy) is 3. The summed E-state index contributed by atoms with van der Waals surface area (Å²) < 4.78 is 17.2. The third-order valence-corrected chi connectivity index (χ3v) is 8.78. The van der Waals surface area contributed by atoms with Crippen molar-refractivity contribution >= 4 is 21.9 Å². The van der Waals surface area contributed by atoms with Crippen LogP contribution in [0.5, 0.6) is 0 Å². The summed E-state index contributed by atoms with van der Waals surface area (Å²) in [5.41, 5.74) is -0.134. The second-order valence-corrected chi connectivity index (χ2v) is 8.02. The van der Waals surface area contributed by atoms with Crippen molar-refractivity contribution in [3.05, 3.63) is 0 Å². The average molecular weight is 313 g/mol. The number of rotatable bonds is 1. The van der Waals surface area contributed by atoms with Crippen LogP contribution >= 0.6 is 15.9 Å². The van der Waals surface area contributed by atoms with Crippen molar-refractivity contribution in [2.24, 2.45) is 40.9 Å². The second kappa shape index (κ2) is 2.21. The highest BCUT2D eigenvalue weighted by Gasteiger charge is 3.10. The molecule has 5 heteroatoms. The van der Waals surface area contributed by atoms with E-state index in [1.165, 1.54) is 7.11 Å². The Morgan fingerprint density at radius 1 is 1.11 bits per heavy atom. The Labute approximate surface area is 112 Å². The summed E-state index contributed by atoms with van der Waals surface area (Å²) in [6.45, 7) is 1.39. The van der Waals surface area contributed by atoms with Crippen LogP contribution in [0.15, 0.2) is 0 Å². The summed E-state index contributed by atoms with van der Waals surface area (Å²) in [7, 11) is 1.52. The molecule has 7 fully saturated rings. The molecule has 1 saturated heterocycles. The number of methoxy groups -OCH3 is 1. The lowest BCUT2D eigenvalue weighted by Crippen LogP contribution is -2.94. The van der Waals surface area contributed by atoms with E-state index in [0.717, 1.165) is 0 Å². The quantitative estimate of drug-likeness (QED) is 0.530. The first-order valence-corrected chi connectivity index (χ1v) is 7.52. The number of carbonyl (C=O) groups excluding carboxylic acids is 1. The SMILES string of the molecule is COC(=O)C12C3[C@@H]4[C@H]1C1[C@@H]2[C@H]3C4(Br)C12OCCO2. The fourth-order valence-electron chi connectivity index (χ4n) is 7.20. The zero-order chi connectivity index (χ0) is 12.1. The van der Waals surface area contributed by atoms with Crippen molar-refractivity contribution in [2.45, 2.75) is 10.1 Å². The maximum absolute atomic E-state index is 12.1. The molecule has 0 aromatic carbocycles. The van der Waals surface area contributed by atoms with E-state index in [1.807, 2.05) is 0 Å². The minimum atomic E-state index is -0.414. The predicted octanol–water partition coefficient (Wildman–Crippen LogP) is 0.788. The third-order valence-electron chi connectivity index (χ3n) is 7.17. The van der Waals surface area contributed by atoms with Crippen LogP contribution in [0.2, 0.25) is 0 Å². The normalized spacial score (nSPS) is 69.9. The zero-order valence-electron chi connectivity index (χ0n) is 9.89. The maximum Gasteiger partial charge on any atom is 0.312 e. The van der Waals surface area contributed by atoms with E-state index in [1.54, 1.807) is 0 Å². The van der Waals surface area contributed by atoms with Crippen molar-refractivity contribution in [1.82, 2.24) is 0 Å². The van der Waals surface area contributed by atoms with E-state index in [2.05, 4.69) is 15.9 Å². The van der Waals surface area contributed by atoms with Gasteiger partial charge in [0.2, 0.25) is 0 Å². The second-order valence-electron chi connectivity index (χ2n) is 6.71. The summed E-state index contributed by atoms with van der Waals surface area (Å²) in [5, 5.41) is 0. The molecule has 2 bridgehead atoms. The third kappa shape index (κ3) is 0.476. The highest BCUT2D eigenvalue weighted by molar-refractivity contribution is 9.10. The molecule has 7 aliphatic rings. The monoisotopic (exact) mass is 312 g/mol. The van der Waals surface area contributed by atoms with Gasteiger partial charge in [0.05, 0.1) is 30.1 Å². The van der Waals surface area contributed by atoms with Crippen molar-refractivity contribution in [3.63, 3.8) is 0 Å². The van der Waals surface area contributed by atoms with Gasteiger partial charge in [-0.3, -0.25) is 4.79 Å². The minimum Gasteiger partial charge on any atom is -0.469 e. The highest BCUT2D eigenvalue weighted by Crippen LogP contribution is 3.04. The molecular formula is C13H13BrO4. The molecule has 0 radical (unpaired) electrons. The smallest absolute Gasteiger partial charge is 0.312 e. The fraction of sp³-hybridized carbons (Fsp3) is 0.923. The summed E-state index contributed by atoms with van der Waals surface area (Å²) in [4.78, 5) is 12.1. The first kappa shape index (κ1) is 9.72. The van der Waals surface area contributed by atoms with Crippen LogP contribution in [0.4, 0.5) is 0 Å². The first-order valence-electron chi connectivity index (χ1n) is 6.72. The Kier molecular flexibility index (Phi) is 1.19. The number of halogens is 1. The average Bonchev–Trinajstić information content (AvgIpc) is 2.89. The van der Waals surface area contributed by atoms with Gasteiger partial charge in [-0.1, -0.05) is 15.9 Å². The van der Waals surface area contributed by atoms with Crippen LogP contribution in [-0.2, 0) is 19.0 Å². The maximum atomic E-state index is 12.1. The largest absolute Gasteiger partial charge is 0.469 e. The van der Waals surface area contributed by atoms with Gasteiger partial charge in [-0.2, -0.15) is 0 Å². The lowest BCUT2D eigenvalue weighted by Gasteiger charge is -2.89. The molecule has 1 heterocycles. The van der Waals surface area contributed by atoms with Gasteiger partial charge in [0.25, 0.3) is 0 Å². The highest BCUT2D eigenvalue weighted by atomic mass is 79.9. The topological polar surface area (TPSA) is 44.8 Å². The molecule has 6 aliphatic carbocycles. The number of hydrogen-bond donors (Lipinski definition) is 0. The van der Waals surface area contributed by atoms with E-state index in [-0.39, 0.29) is 15.7 Å². The Hall–Kier alpha value is -0.130. The summed E-state index contributed by atoms with van der Waals surface area (Å²) in [5.74, 6) is 2.63. The number of carbonyl (C=O) groups is 1. The van der Waals surface area contributed by atoms with E-state index in [0.29, 0.717) is 48.7 Å². The van der Waals surface area contributed by atoms with Gasteiger partial charge in [0, 0.05) is 5.92 Å². The van der Waals surface area contributed by atoms with E-state index < -0.39 is 5.79 Å². The molecule has 0 amide bonds. The van der Waals surface area contributed by atoms with Gasteiger partial charge in [-0.15, -0.1) is 0 Å². The van der Waals surface area contributed by atoms with Gasteiger partial charge in [0.15, 0.2) is 5.79 Å². The number of alkyl halides is 1. The van der Waals surface area contributed by atoms with E-state index in [9.17, 15) is 4.79 Å². The molecular weight excluding hydrogens is 300 g/mol. The van der Waals surface area contributed by atoms with Crippen LogP contribution in [0.1, 0.15) is 0 Å². The zero-order valence-corrected chi connectivity index (χ0v) is 11.5. The van der Waals surface area contributed by atoms with Crippen molar-refractivity contribution in [1.29, 1.82) is 0 Å². The predicted molar refractivity (Wildman–Crippen MR) is 61.7 cm³/mol. The van der Waals surface area contributed by atoms with E-state index >= 15 is 0 Å². The van der Waals surface area contributed by atoms with Crippen molar-refractivity contribution < 1.29 is 19.0 Å². The molecule has 8 atom stereocenters. The molecule has 6 saturated carbocycles. The summed E-state index contributed by atoms with van der Waals surface area (Å²) in [6.07, 6.45) is 0. The van der Waals surface area contributed by atoms with Gasteiger partial charge >= 0.3 is 5.97 Å². The van der Waals surface area contributed by atoms with Crippen molar-refractivity contribution in [2.75, 3.05) is 20.3 Å². The molecule has 4 nitrogen and oxygen atoms in total. The molecule has 18 heavy (non-hydrogen) atoms. The Balaban J connectivity index is 1.53. The first-order chi connectivity index (χ1) is 8.67. The molecule has 0 aromatic rings. The lowest BCUT2D eigenvalue weighted by molar-refractivity contribution is -0.421.